The number of alkyl halides is 1. The van der Waals surface area contributed by atoms with E-state index in [9.17, 15) is 9.59 Å². The minimum atomic E-state index is -0.684. The first kappa shape index (κ1) is 17.1. The summed E-state index contributed by atoms with van der Waals surface area (Å²) in [5.41, 5.74) is 5.37. The summed E-state index contributed by atoms with van der Waals surface area (Å²) in [5.74, 6) is -1.11. The highest BCUT2D eigenvalue weighted by Crippen LogP contribution is 2.66. The Kier molecular flexibility index (Phi) is 3.46. The van der Waals surface area contributed by atoms with Crippen LogP contribution in [0.4, 0.5) is 0 Å². The Labute approximate surface area is 176 Å². The van der Waals surface area contributed by atoms with Crippen LogP contribution >= 0.6 is 15.9 Å². The molecule has 2 amide bonds. The molecule has 2 aromatic carbocycles. The van der Waals surface area contributed by atoms with Crippen molar-refractivity contribution in [3.8, 4) is 0 Å². The smallest absolute Gasteiger partial charge is 0.235 e. The second kappa shape index (κ2) is 5.86. The van der Waals surface area contributed by atoms with Gasteiger partial charge >= 0.3 is 0 Å². The number of aromatic nitrogens is 1. The van der Waals surface area contributed by atoms with Gasteiger partial charge in [0.1, 0.15) is 0 Å². The van der Waals surface area contributed by atoms with E-state index in [1.807, 2.05) is 36.4 Å². The van der Waals surface area contributed by atoms with Crippen molar-refractivity contribution in [3.63, 3.8) is 0 Å². The van der Waals surface area contributed by atoms with Gasteiger partial charge in [0.25, 0.3) is 0 Å². The van der Waals surface area contributed by atoms with Gasteiger partial charge in [-0.3, -0.25) is 19.5 Å². The second-order valence-corrected chi connectivity index (χ2v) is 9.24. The highest BCUT2D eigenvalue weighted by molar-refractivity contribution is 9.09. The molecule has 4 nitrogen and oxygen atoms in total. The number of likely N-dealkylation sites (tertiary alicyclic amines) is 1. The Morgan fingerprint density at radius 2 is 1.55 bits per heavy atom. The average molecular weight is 445 g/mol. The molecule has 2 atom stereocenters. The van der Waals surface area contributed by atoms with E-state index >= 15 is 0 Å². The number of carbonyl (C=O) groups excluding carboxylic acids is 2. The maximum Gasteiger partial charge on any atom is 0.235 e. The highest BCUT2D eigenvalue weighted by Gasteiger charge is 2.67. The van der Waals surface area contributed by atoms with E-state index in [0.29, 0.717) is 0 Å². The number of hydrogen-bond donors (Lipinski definition) is 0. The van der Waals surface area contributed by atoms with Crippen LogP contribution in [0.15, 0.2) is 73.1 Å². The maximum atomic E-state index is 13.6. The molecule has 142 valence electrons. The molecule has 0 radical (unpaired) electrons. The van der Waals surface area contributed by atoms with Crippen LogP contribution in [-0.2, 0) is 20.5 Å². The Morgan fingerprint density at radius 1 is 0.897 bits per heavy atom. The SMILES string of the molecule is O=C1[C@@H]2C3c4ccccc4C(Br)(c4ccccc43)[C@H]2C(=O)N1Cc1cccnc1. The van der Waals surface area contributed by atoms with Gasteiger partial charge < -0.3 is 0 Å². The molecule has 2 bridgehead atoms. The molecule has 1 aromatic heterocycles. The molecule has 0 saturated carbocycles. The van der Waals surface area contributed by atoms with Crippen molar-refractivity contribution >= 4 is 27.7 Å². The van der Waals surface area contributed by atoms with Crippen LogP contribution in [0.5, 0.6) is 0 Å². The van der Waals surface area contributed by atoms with Gasteiger partial charge in [-0.2, -0.15) is 0 Å². The lowest BCUT2D eigenvalue weighted by Crippen LogP contribution is -2.50. The fourth-order valence-corrected chi connectivity index (χ4v) is 6.77. The standard InChI is InChI=1S/C24H17BrN2O2/c25-24-17-9-3-1-7-15(17)19(16-8-2-4-10-18(16)24)20-21(24)23(29)27(22(20)28)13-14-6-5-11-26-12-14/h1-12,19-21H,13H2/t19?,20-,21-,24?/m1/s1. The quantitative estimate of drug-likeness (QED) is 0.443. The van der Waals surface area contributed by atoms with Gasteiger partial charge in [-0.1, -0.05) is 70.5 Å². The molecule has 29 heavy (non-hydrogen) atoms. The molecule has 3 aliphatic carbocycles. The van der Waals surface area contributed by atoms with Crippen LogP contribution in [0.25, 0.3) is 0 Å². The Hall–Kier alpha value is -2.79. The monoisotopic (exact) mass is 444 g/mol. The van der Waals surface area contributed by atoms with Crippen molar-refractivity contribution in [2.24, 2.45) is 11.8 Å². The summed E-state index contributed by atoms with van der Waals surface area (Å²) in [6.45, 7) is 0.265. The molecular weight excluding hydrogens is 428 g/mol. The largest absolute Gasteiger partial charge is 0.277 e. The third-order valence-electron chi connectivity index (χ3n) is 6.67. The predicted octanol–water partition coefficient (Wildman–Crippen LogP) is 3.98. The first-order valence-electron chi connectivity index (χ1n) is 9.74. The minimum Gasteiger partial charge on any atom is -0.277 e. The molecule has 4 aliphatic rings. The van der Waals surface area contributed by atoms with Crippen molar-refractivity contribution in [2.45, 2.75) is 16.8 Å². The molecule has 1 saturated heterocycles. The third kappa shape index (κ3) is 2.06. The summed E-state index contributed by atoms with van der Waals surface area (Å²) in [7, 11) is 0. The zero-order chi connectivity index (χ0) is 19.8. The first-order valence-corrected chi connectivity index (χ1v) is 10.5. The number of benzene rings is 2. The molecule has 1 aliphatic heterocycles. The molecule has 5 heteroatoms. The van der Waals surface area contributed by atoms with Crippen molar-refractivity contribution < 1.29 is 9.59 Å². The van der Waals surface area contributed by atoms with E-state index in [1.165, 1.54) is 4.90 Å². The van der Waals surface area contributed by atoms with E-state index in [1.54, 1.807) is 12.4 Å². The van der Waals surface area contributed by atoms with Gasteiger partial charge in [-0.25, -0.2) is 0 Å². The van der Waals surface area contributed by atoms with Crippen molar-refractivity contribution in [2.75, 3.05) is 0 Å². The summed E-state index contributed by atoms with van der Waals surface area (Å²) in [6, 6.07) is 20.2. The van der Waals surface area contributed by atoms with E-state index < -0.39 is 10.2 Å². The van der Waals surface area contributed by atoms with Gasteiger partial charge in [-0.05, 0) is 33.9 Å². The van der Waals surface area contributed by atoms with Gasteiger partial charge in [0, 0.05) is 18.3 Å². The highest BCUT2D eigenvalue weighted by atomic mass is 79.9. The van der Waals surface area contributed by atoms with Crippen molar-refractivity contribution in [1.82, 2.24) is 9.88 Å². The van der Waals surface area contributed by atoms with Crippen LogP contribution in [0.2, 0.25) is 0 Å². The summed E-state index contributed by atoms with van der Waals surface area (Å²) in [4.78, 5) is 32.8. The molecule has 7 rings (SSSR count). The molecule has 0 unspecified atom stereocenters. The van der Waals surface area contributed by atoms with Crippen LogP contribution in [0.1, 0.15) is 33.7 Å². The first-order chi connectivity index (χ1) is 14.1. The fraction of sp³-hybridized carbons (Fsp3) is 0.208. The van der Waals surface area contributed by atoms with E-state index in [2.05, 4.69) is 45.2 Å². The number of nitrogens with zero attached hydrogens (tertiary/aromatic N) is 2. The number of imide groups is 1. The molecule has 0 N–H and O–H groups in total. The summed E-state index contributed by atoms with van der Waals surface area (Å²) in [5, 5.41) is 0. The fourth-order valence-electron chi connectivity index (χ4n) is 5.57. The Balaban J connectivity index is 1.55. The number of pyridine rings is 1. The molecule has 0 spiro atoms. The summed E-state index contributed by atoms with van der Waals surface area (Å²) >= 11 is 4.01. The molecule has 2 heterocycles. The third-order valence-corrected chi connectivity index (χ3v) is 8.02. The normalized spacial score (nSPS) is 28.9. The van der Waals surface area contributed by atoms with E-state index in [-0.39, 0.29) is 30.2 Å². The lowest BCUT2D eigenvalue weighted by atomic mass is 9.55. The topological polar surface area (TPSA) is 50.3 Å². The lowest BCUT2D eigenvalue weighted by molar-refractivity contribution is -0.140. The van der Waals surface area contributed by atoms with Gasteiger partial charge in [0.2, 0.25) is 11.8 Å². The van der Waals surface area contributed by atoms with Crippen LogP contribution in [0.3, 0.4) is 0 Å². The predicted molar refractivity (Wildman–Crippen MR) is 111 cm³/mol. The van der Waals surface area contributed by atoms with Crippen molar-refractivity contribution in [3.05, 3.63) is 101 Å². The van der Waals surface area contributed by atoms with Gasteiger partial charge in [0.05, 0.1) is 22.7 Å². The zero-order valence-corrected chi connectivity index (χ0v) is 17.0. The molecular formula is C24H17BrN2O2. The van der Waals surface area contributed by atoms with Crippen molar-refractivity contribution in [1.29, 1.82) is 0 Å². The maximum absolute atomic E-state index is 13.6. The number of halogens is 1. The summed E-state index contributed by atoms with van der Waals surface area (Å²) < 4.78 is -0.684. The minimum absolute atomic E-state index is 0.0818. The van der Waals surface area contributed by atoms with E-state index in [0.717, 1.165) is 27.8 Å². The Morgan fingerprint density at radius 3 is 2.17 bits per heavy atom. The number of hydrogen-bond acceptors (Lipinski definition) is 3. The van der Waals surface area contributed by atoms with Crippen LogP contribution in [0, 0.1) is 11.8 Å². The van der Waals surface area contributed by atoms with E-state index in [4.69, 9.17) is 0 Å². The zero-order valence-electron chi connectivity index (χ0n) is 15.5. The Bertz CT molecular complexity index is 1130. The summed E-state index contributed by atoms with van der Waals surface area (Å²) in [6.07, 6.45) is 3.41. The molecule has 1 fully saturated rings. The number of rotatable bonds is 2. The van der Waals surface area contributed by atoms with Gasteiger partial charge in [-0.15, -0.1) is 0 Å². The van der Waals surface area contributed by atoms with Crippen LogP contribution in [-0.4, -0.2) is 21.7 Å². The average Bonchev–Trinajstić information content (AvgIpc) is 3.01. The lowest BCUT2D eigenvalue weighted by Gasteiger charge is -2.51. The second-order valence-electron chi connectivity index (χ2n) is 7.99. The van der Waals surface area contributed by atoms with Gasteiger partial charge in [0.15, 0.2) is 0 Å². The number of carbonyl (C=O) groups is 2. The molecule has 3 aromatic rings. The number of amides is 2. The van der Waals surface area contributed by atoms with Crippen LogP contribution < -0.4 is 0 Å².